The quantitative estimate of drug-likeness (QED) is 0.329. The lowest BCUT2D eigenvalue weighted by molar-refractivity contribution is -0.121. The molecular weight excluding hydrogens is 456 g/mol. The van der Waals surface area contributed by atoms with E-state index in [0.29, 0.717) is 29.5 Å². The molecule has 0 aliphatic carbocycles. The number of thioether (sulfide) groups is 1. The molecule has 0 aliphatic heterocycles. The summed E-state index contributed by atoms with van der Waals surface area (Å²) in [6.45, 7) is 4.05. The Morgan fingerprint density at radius 2 is 1.58 bits per heavy atom. The monoisotopic (exact) mass is 484 g/mol. The van der Waals surface area contributed by atoms with Crippen molar-refractivity contribution in [1.29, 1.82) is 0 Å². The Morgan fingerprint density at radius 3 is 2.18 bits per heavy atom. The first-order valence-corrected chi connectivity index (χ1v) is 13.4. The van der Waals surface area contributed by atoms with E-state index in [4.69, 9.17) is 4.74 Å². The molecule has 0 radical (unpaired) electrons. The van der Waals surface area contributed by atoms with Crippen LogP contribution in [0.5, 0.6) is 11.5 Å². The van der Waals surface area contributed by atoms with E-state index in [0.717, 1.165) is 15.5 Å². The summed E-state index contributed by atoms with van der Waals surface area (Å²) >= 11 is 1.63. The van der Waals surface area contributed by atoms with E-state index in [9.17, 15) is 13.2 Å². The standard InChI is InChI=1S/C25H28N2O4S2/c1-19-9-15-24(16-10-19)32-18-17-26-25(28)20(2)27(33(3,29)30)21-11-13-23(14-12-21)31-22-7-5-4-6-8-22/h4-16,20H,17-18H2,1-3H3,(H,26,28)/t20-/m1/s1. The Morgan fingerprint density at radius 1 is 0.970 bits per heavy atom. The van der Waals surface area contributed by atoms with E-state index < -0.39 is 16.1 Å². The van der Waals surface area contributed by atoms with E-state index in [1.54, 1.807) is 43.0 Å². The fourth-order valence-electron chi connectivity index (χ4n) is 3.22. The minimum absolute atomic E-state index is 0.352. The smallest absolute Gasteiger partial charge is 0.243 e. The number of anilines is 1. The third-order valence-electron chi connectivity index (χ3n) is 4.85. The zero-order chi connectivity index (χ0) is 23.8. The maximum Gasteiger partial charge on any atom is 0.243 e. The molecule has 174 valence electrons. The molecule has 3 aromatic carbocycles. The summed E-state index contributed by atoms with van der Waals surface area (Å²) in [5.41, 5.74) is 1.59. The molecule has 0 aliphatic rings. The molecule has 1 atom stereocenters. The highest BCUT2D eigenvalue weighted by Gasteiger charge is 2.29. The average Bonchev–Trinajstić information content (AvgIpc) is 2.79. The van der Waals surface area contributed by atoms with Crippen LogP contribution in [0.25, 0.3) is 0 Å². The Kier molecular flexibility index (Phi) is 8.41. The fraction of sp³-hybridized carbons (Fsp3) is 0.240. The van der Waals surface area contributed by atoms with Crippen LogP contribution < -0.4 is 14.4 Å². The van der Waals surface area contributed by atoms with Gasteiger partial charge in [-0.3, -0.25) is 9.10 Å². The van der Waals surface area contributed by atoms with Crippen LogP contribution in [0.3, 0.4) is 0 Å². The summed E-state index contributed by atoms with van der Waals surface area (Å²) in [7, 11) is -3.69. The molecular formula is C25H28N2O4S2. The van der Waals surface area contributed by atoms with Crippen LogP contribution in [0.2, 0.25) is 0 Å². The molecule has 6 nitrogen and oxygen atoms in total. The third-order valence-corrected chi connectivity index (χ3v) is 7.11. The number of hydrogen-bond acceptors (Lipinski definition) is 5. The summed E-state index contributed by atoms with van der Waals surface area (Å²) < 4.78 is 31.9. The molecule has 1 amide bonds. The molecule has 3 aromatic rings. The van der Waals surface area contributed by atoms with Gasteiger partial charge in [-0.1, -0.05) is 35.9 Å². The maximum atomic E-state index is 12.7. The lowest BCUT2D eigenvalue weighted by atomic mass is 10.2. The van der Waals surface area contributed by atoms with Crippen molar-refractivity contribution in [3.05, 3.63) is 84.4 Å². The van der Waals surface area contributed by atoms with Gasteiger partial charge in [0.25, 0.3) is 0 Å². The van der Waals surface area contributed by atoms with Crippen molar-refractivity contribution in [2.75, 3.05) is 22.9 Å². The van der Waals surface area contributed by atoms with Crippen molar-refractivity contribution < 1.29 is 17.9 Å². The van der Waals surface area contributed by atoms with Gasteiger partial charge >= 0.3 is 0 Å². The number of aryl methyl sites for hydroxylation is 1. The van der Waals surface area contributed by atoms with Gasteiger partial charge in [-0.05, 0) is 62.4 Å². The van der Waals surface area contributed by atoms with Gasteiger partial charge in [-0.2, -0.15) is 0 Å². The zero-order valence-electron chi connectivity index (χ0n) is 18.9. The molecule has 0 saturated carbocycles. The molecule has 8 heteroatoms. The van der Waals surface area contributed by atoms with Crippen molar-refractivity contribution in [3.63, 3.8) is 0 Å². The van der Waals surface area contributed by atoms with E-state index in [-0.39, 0.29) is 5.91 Å². The number of amides is 1. The Bertz CT molecular complexity index is 1150. The van der Waals surface area contributed by atoms with Crippen LogP contribution >= 0.6 is 11.8 Å². The van der Waals surface area contributed by atoms with Crippen molar-refractivity contribution in [2.24, 2.45) is 0 Å². The van der Waals surface area contributed by atoms with Crippen LogP contribution in [0.1, 0.15) is 12.5 Å². The predicted octanol–water partition coefficient (Wildman–Crippen LogP) is 4.85. The van der Waals surface area contributed by atoms with Crippen LogP contribution in [-0.2, 0) is 14.8 Å². The summed E-state index contributed by atoms with van der Waals surface area (Å²) in [4.78, 5) is 13.8. The van der Waals surface area contributed by atoms with Crippen LogP contribution in [-0.4, -0.2) is 38.9 Å². The molecule has 0 heterocycles. The van der Waals surface area contributed by atoms with Gasteiger partial charge in [0.15, 0.2) is 0 Å². The third kappa shape index (κ3) is 7.27. The number of sulfonamides is 1. The molecule has 0 fully saturated rings. The number of hydrogen-bond donors (Lipinski definition) is 1. The summed E-state index contributed by atoms with van der Waals surface area (Å²) in [6, 6.07) is 23.2. The number of rotatable bonds is 10. The molecule has 0 aromatic heterocycles. The van der Waals surface area contributed by atoms with E-state index in [1.807, 2.05) is 61.5 Å². The topological polar surface area (TPSA) is 75.7 Å². The molecule has 0 spiro atoms. The second-order valence-corrected chi connectivity index (χ2v) is 10.6. The van der Waals surface area contributed by atoms with Gasteiger partial charge in [0, 0.05) is 17.2 Å². The van der Waals surface area contributed by atoms with Gasteiger partial charge in [-0.25, -0.2) is 8.42 Å². The number of carbonyl (C=O) groups is 1. The predicted molar refractivity (Wildman–Crippen MR) is 135 cm³/mol. The van der Waals surface area contributed by atoms with E-state index in [1.165, 1.54) is 5.56 Å². The maximum absolute atomic E-state index is 12.7. The van der Waals surface area contributed by atoms with Gasteiger partial charge in [0.1, 0.15) is 17.5 Å². The highest BCUT2D eigenvalue weighted by molar-refractivity contribution is 7.99. The highest BCUT2D eigenvalue weighted by atomic mass is 32.2. The highest BCUT2D eigenvalue weighted by Crippen LogP contribution is 2.27. The Labute approximate surface area is 200 Å². The largest absolute Gasteiger partial charge is 0.457 e. The van der Waals surface area contributed by atoms with E-state index >= 15 is 0 Å². The number of ether oxygens (including phenoxy) is 1. The number of nitrogens with one attached hydrogen (secondary N) is 1. The van der Waals surface area contributed by atoms with Gasteiger partial charge in [0.05, 0.1) is 11.9 Å². The second kappa shape index (κ2) is 11.2. The average molecular weight is 485 g/mol. The molecule has 3 rings (SSSR count). The Balaban J connectivity index is 1.61. The molecule has 0 saturated heterocycles. The normalized spacial score (nSPS) is 12.1. The molecule has 0 unspecified atom stereocenters. The van der Waals surface area contributed by atoms with Gasteiger partial charge < -0.3 is 10.1 Å². The second-order valence-electron chi connectivity index (χ2n) is 7.60. The zero-order valence-corrected chi connectivity index (χ0v) is 20.5. The number of carbonyl (C=O) groups excluding carboxylic acids is 1. The fourth-order valence-corrected chi connectivity index (χ4v) is 5.16. The minimum atomic E-state index is -3.69. The van der Waals surface area contributed by atoms with Gasteiger partial charge in [-0.15, -0.1) is 11.8 Å². The number of para-hydroxylation sites is 1. The van der Waals surface area contributed by atoms with Crippen molar-refractivity contribution in [2.45, 2.75) is 24.8 Å². The summed E-state index contributed by atoms with van der Waals surface area (Å²) in [5, 5.41) is 2.84. The van der Waals surface area contributed by atoms with Crippen LogP contribution in [0.15, 0.2) is 83.8 Å². The summed E-state index contributed by atoms with van der Waals surface area (Å²) in [6.07, 6.45) is 1.10. The molecule has 0 bridgehead atoms. The van der Waals surface area contributed by atoms with Crippen molar-refractivity contribution in [1.82, 2.24) is 5.32 Å². The Hall–Kier alpha value is -2.97. The lowest BCUT2D eigenvalue weighted by Crippen LogP contribution is -2.48. The first kappa shape index (κ1) is 24.7. The van der Waals surface area contributed by atoms with Crippen molar-refractivity contribution >= 4 is 33.4 Å². The van der Waals surface area contributed by atoms with Gasteiger partial charge in [0.2, 0.25) is 15.9 Å². The van der Waals surface area contributed by atoms with E-state index in [2.05, 4.69) is 5.32 Å². The first-order valence-electron chi connectivity index (χ1n) is 10.5. The summed E-state index contributed by atoms with van der Waals surface area (Å²) in [5.74, 6) is 1.59. The minimum Gasteiger partial charge on any atom is -0.457 e. The van der Waals surface area contributed by atoms with Crippen molar-refractivity contribution in [3.8, 4) is 11.5 Å². The lowest BCUT2D eigenvalue weighted by Gasteiger charge is -2.28. The first-order chi connectivity index (χ1) is 15.7. The molecule has 1 N–H and O–H groups in total. The van der Waals surface area contributed by atoms with Crippen LogP contribution in [0.4, 0.5) is 5.69 Å². The molecule has 33 heavy (non-hydrogen) atoms. The van der Waals surface area contributed by atoms with Crippen LogP contribution in [0, 0.1) is 6.92 Å². The number of benzene rings is 3. The number of nitrogens with zero attached hydrogens (tertiary/aromatic N) is 1. The SMILES string of the molecule is Cc1ccc(SCCNC(=O)[C@@H](C)N(c2ccc(Oc3ccccc3)cc2)S(C)(=O)=O)cc1.